The molecule has 13 heterocycles. The summed E-state index contributed by atoms with van der Waals surface area (Å²) >= 11 is 11.3. The molecule has 20 nitrogen and oxygen atoms in total. The van der Waals surface area contributed by atoms with Crippen LogP contribution < -0.4 is 143 Å². The summed E-state index contributed by atoms with van der Waals surface area (Å²) < 4.78 is 21.4. The number of H-pyrrole nitrogens is 1. The van der Waals surface area contributed by atoms with E-state index in [1.54, 1.807) is 28.0 Å². The van der Waals surface area contributed by atoms with Crippen molar-refractivity contribution in [2.45, 2.75) is 40.2 Å². The predicted molar refractivity (Wildman–Crippen MR) is 385 cm³/mol. The van der Waals surface area contributed by atoms with Gasteiger partial charge in [-0.25, -0.2) is 19.3 Å². The molecular weight excluding hydrogens is 1940 g/mol. The van der Waals surface area contributed by atoms with Crippen LogP contribution in [0.25, 0.3) is 92.1 Å². The molecule has 0 amide bonds. The first-order valence-electron chi connectivity index (χ1n) is 26.0. The van der Waals surface area contributed by atoms with Gasteiger partial charge >= 0.3 is 144 Å². The number of allylic oxidation sites excluding steroid dienone is 1. The molecule has 452 valence electrons. The molecule has 2 aliphatic heterocycles. The first kappa shape index (κ1) is 77.1. The van der Waals surface area contributed by atoms with E-state index in [-0.39, 0.29) is 153 Å². The van der Waals surface area contributed by atoms with Crippen LogP contribution in [0.5, 0.6) is 0 Å². The second kappa shape index (κ2) is 36.3. The number of nitrogens with zero attached hydrogens (tertiary/aromatic N) is 14. The maximum atomic E-state index is 12.3. The summed E-state index contributed by atoms with van der Waals surface area (Å²) in [5, 5.41) is 21.3. The first-order valence-corrected chi connectivity index (χ1v) is 32.5. The number of aromatic nitrogens is 15. The Morgan fingerprint density at radius 1 is 0.629 bits per heavy atom. The van der Waals surface area contributed by atoms with Crippen LogP contribution in [0.1, 0.15) is 40.8 Å². The Morgan fingerprint density at radius 2 is 1.20 bits per heavy atom. The van der Waals surface area contributed by atoms with Crippen molar-refractivity contribution in [2.24, 2.45) is 35.2 Å². The minimum Gasteiger partial charge on any atom is -1.00 e. The Hall–Kier alpha value is -2.59. The van der Waals surface area contributed by atoms with Crippen molar-refractivity contribution >= 4 is 173 Å². The zero-order valence-electron chi connectivity index (χ0n) is 51.0. The molecule has 0 bridgehead atoms. The standard InChI is InChI=1S/C19H16N6.C16H17IN4O2.2C8H7IN2.C8H6IN.CH3I.CH2O3.CH4.2Cs.H/c1-24-11-17(14-3-4-20-9-18(14)24)16-8-22-19-15(16)5-12(6-21-19)13-7-23-25(2)10-13;1-16(2,3)23-15(22)21-9-13(17)12-5-10(6-18-14(12)21)11-7-19-20(4)8-11;1-11-5-7(9)6-2-3-10-4-8(6)11;1-11-3-2-6-7(9)4-10-8(6)5-11;9-8-2-1-6-5-10-4-3-7(6)8;1-2;2-1-4-3;;;;/h3-11H,1-2H3,(H,21,22);5-9H,1-4H3;2*2-5H,1H3;2-5H,1H2;1H3;1,3H;1H4;;;/q;;;;;;;;2*+1;-1/p-1. The number of halogens is 5. The molecule has 1 N–H and O–H groups in total. The topological polar surface area (TPSA) is 224 Å². The third-order valence-electron chi connectivity index (χ3n) is 13.0. The number of fused-ring (bicyclic) bond motifs is 6. The number of aryl methyl sites for hydroxylation is 5. The molecule has 89 heavy (non-hydrogen) atoms. The van der Waals surface area contributed by atoms with Crippen LogP contribution in [-0.4, -0.2) is 95.8 Å². The van der Waals surface area contributed by atoms with Crippen molar-refractivity contribution in [1.29, 1.82) is 0 Å². The Labute approximate surface area is 703 Å². The SMILES string of the molecule is C.CI.Cn1cc(-c2cnc3[nH]cc(-c4cn(C)c5cnccc45)c3c2)cn1.Cn1cc(-c2cnc3c(c2)c(I)cn3C(=O)OC(C)(C)C)cn1.Cn1cc(I)c2ccncc21.Cn1ccc2c(I)cnc-2c1.IC1=CCc2cnccc21.O=CO[O-].[Cs+].[Cs+].[H-]. The van der Waals surface area contributed by atoms with E-state index >= 15 is 0 Å². The van der Waals surface area contributed by atoms with Crippen LogP contribution in [0, 0.1) is 10.7 Å². The summed E-state index contributed by atoms with van der Waals surface area (Å²) in [5.74, 6) is 0. The minimum absolute atomic E-state index is 0. The van der Waals surface area contributed by atoms with Gasteiger partial charge in [0.25, 0.3) is 6.47 Å². The number of hydrogen-bond acceptors (Lipinski definition) is 13. The van der Waals surface area contributed by atoms with Gasteiger partial charge in [0.1, 0.15) is 11.2 Å². The molecule has 0 atom stereocenters. The number of alkyl halides is 1. The summed E-state index contributed by atoms with van der Waals surface area (Å²) in [5.41, 5.74) is 14.6. The van der Waals surface area contributed by atoms with Crippen LogP contribution in [0.2, 0.25) is 0 Å². The van der Waals surface area contributed by atoms with Gasteiger partial charge in [0.2, 0.25) is 0 Å². The molecule has 0 fully saturated rings. The van der Waals surface area contributed by atoms with Gasteiger partial charge in [-0.05, 0) is 170 Å². The predicted octanol–water partition coefficient (Wildman–Crippen LogP) is 8.31. The summed E-state index contributed by atoms with van der Waals surface area (Å²) in [6.07, 6.45) is 39.3. The van der Waals surface area contributed by atoms with Gasteiger partial charge in [0, 0.05) is 203 Å². The number of carbonyl (C=O) groups excluding carboxylic acids is 2. The fourth-order valence-electron chi connectivity index (χ4n) is 9.04. The molecule has 3 aliphatic rings. The maximum Gasteiger partial charge on any atom is 1.00 e. The smallest absolute Gasteiger partial charge is 1.00 e. The number of ether oxygens (including phenoxy) is 1. The van der Waals surface area contributed by atoms with Gasteiger partial charge in [0.05, 0.1) is 41.5 Å². The Morgan fingerprint density at radius 3 is 1.80 bits per heavy atom. The fraction of sp³-hybridized carbons (Fsp3) is 0.194. The van der Waals surface area contributed by atoms with E-state index in [0.29, 0.717) is 5.65 Å². The van der Waals surface area contributed by atoms with E-state index in [1.807, 2.05) is 164 Å². The summed E-state index contributed by atoms with van der Waals surface area (Å²) in [6, 6.07) is 12.4. The Kier molecular flexibility index (Phi) is 31.5. The van der Waals surface area contributed by atoms with Crippen LogP contribution in [0.3, 0.4) is 0 Å². The minimum atomic E-state index is -0.547. The van der Waals surface area contributed by atoms with Crippen molar-refractivity contribution in [1.82, 2.24) is 72.7 Å². The zero-order valence-corrected chi connectivity index (χ0v) is 73.3. The molecule has 0 saturated carbocycles. The molecule has 11 aromatic rings. The molecule has 0 spiro atoms. The largest absolute Gasteiger partial charge is 1.00 e. The fourth-order valence-corrected chi connectivity index (χ4v) is 11.9. The van der Waals surface area contributed by atoms with E-state index in [4.69, 9.17) is 14.8 Å². The molecule has 27 heteroatoms. The Balaban J connectivity index is 0.000000243. The maximum absolute atomic E-state index is 12.3. The number of hydrogen-bond donors (Lipinski definition) is 1. The number of carbonyl (C=O) groups is 2. The van der Waals surface area contributed by atoms with Gasteiger partial charge in [-0.1, -0.05) is 36.1 Å². The van der Waals surface area contributed by atoms with Crippen molar-refractivity contribution in [3.05, 3.63) is 182 Å². The Bertz CT molecular complexity index is 4440. The van der Waals surface area contributed by atoms with Crippen LogP contribution >= 0.6 is 113 Å². The zero-order chi connectivity index (χ0) is 61.8. The molecule has 14 rings (SSSR count). The quantitative estimate of drug-likeness (QED) is 0.0576. The molecule has 0 radical (unpaired) electrons. The van der Waals surface area contributed by atoms with Crippen molar-refractivity contribution in [2.75, 3.05) is 4.93 Å². The number of rotatable bonds is 4. The van der Waals surface area contributed by atoms with Crippen LogP contribution in [0.4, 0.5) is 4.79 Å². The van der Waals surface area contributed by atoms with Crippen molar-refractivity contribution in [3.63, 3.8) is 0 Å². The second-order valence-electron chi connectivity index (χ2n) is 20.1. The number of pyridine rings is 6. The number of nitrogens with one attached hydrogen (secondary N) is 1. The molecule has 0 unspecified atom stereocenters. The molecular formula is C62H62Cs2I5N15O5. The van der Waals surface area contributed by atoms with E-state index in [0.717, 1.165) is 65.4 Å². The summed E-state index contributed by atoms with van der Waals surface area (Å²) in [7, 11) is 9.87. The monoisotopic (exact) mass is 2000 g/mol. The normalized spacial score (nSPS) is 10.9. The van der Waals surface area contributed by atoms with E-state index in [9.17, 15) is 4.79 Å². The van der Waals surface area contributed by atoms with Crippen LogP contribution in [0.15, 0.2) is 160 Å². The van der Waals surface area contributed by atoms with Gasteiger partial charge < -0.3 is 35.0 Å². The van der Waals surface area contributed by atoms with Crippen molar-refractivity contribution < 1.29 is 164 Å². The average Bonchev–Trinajstić information content (AvgIpc) is 1.64. The van der Waals surface area contributed by atoms with E-state index < -0.39 is 11.7 Å². The first-order chi connectivity index (χ1) is 41.3. The summed E-state index contributed by atoms with van der Waals surface area (Å²) in [6.45, 7) is 5.35. The third kappa shape index (κ3) is 20.0. The molecule has 1 aliphatic carbocycles. The van der Waals surface area contributed by atoms with Gasteiger partial charge in [-0.3, -0.25) is 34.1 Å². The van der Waals surface area contributed by atoms with Gasteiger partial charge in [0.15, 0.2) is 5.65 Å². The third-order valence-corrected chi connectivity index (χ3v) is 16.6. The molecule has 0 saturated heterocycles. The van der Waals surface area contributed by atoms with Crippen LogP contribution in [-0.2, 0) is 56.1 Å². The average molecular weight is 2000 g/mol. The summed E-state index contributed by atoms with van der Waals surface area (Å²) in [4.78, 5) is 54.5. The number of aromatic amines is 1. The molecule has 0 aromatic carbocycles. The van der Waals surface area contributed by atoms with Gasteiger partial charge in [-0.15, -0.1) is 0 Å². The van der Waals surface area contributed by atoms with E-state index in [1.165, 1.54) is 53.8 Å². The van der Waals surface area contributed by atoms with E-state index in [2.05, 4.69) is 215 Å². The molecule has 11 aromatic heterocycles. The second-order valence-corrected chi connectivity index (χ2v) is 24.7. The van der Waals surface area contributed by atoms with Gasteiger partial charge in [-0.2, -0.15) is 10.2 Å². The van der Waals surface area contributed by atoms with Crippen molar-refractivity contribution in [3.8, 4) is 44.6 Å².